The molecule has 1 aliphatic carbocycles. The predicted octanol–water partition coefficient (Wildman–Crippen LogP) is 2.80. The molecule has 0 unspecified atom stereocenters. The van der Waals surface area contributed by atoms with Crippen molar-refractivity contribution in [1.29, 1.82) is 0 Å². The molecule has 1 saturated heterocycles. The fraction of sp³-hybridized carbons (Fsp3) is 0.529. The number of carbonyl (C=O) groups excluding carboxylic acids is 1. The lowest BCUT2D eigenvalue weighted by molar-refractivity contribution is -0.123. The number of aromatic nitrogens is 1. The van der Waals surface area contributed by atoms with Gasteiger partial charge in [0.15, 0.2) is 5.13 Å². The monoisotopic (exact) mass is 331 g/mol. The summed E-state index contributed by atoms with van der Waals surface area (Å²) < 4.78 is 6.43. The lowest BCUT2D eigenvalue weighted by Crippen LogP contribution is -2.45. The van der Waals surface area contributed by atoms with Crippen LogP contribution in [0.1, 0.15) is 25.7 Å². The number of ether oxygens (including phenoxy) is 1. The van der Waals surface area contributed by atoms with E-state index in [0.717, 1.165) is 59.9 Å². The minimum Gasteiger partial charge on any atom is -0.497 e. The van der Waals surface area contributed by atoms with Crippen LogP contribution < -0.4 is 15.0 Å². The maximum Gasteiger partial charge on any atom is 0.223 e. The number of hydrogen-bond acceptors (Lipinski definition) is 5. The minimum atomic E-state index is 0.260. The Balaban J connectivity index is 1.40. The fourth-order valence-electron chi connectivity index (χ4n) is 3.03. The second-order valence-electron chi connectivity index (χ2n) is 6.37. The van der Waals surface area contributed by atoms with Crippen LogP contribution in [0, 0.1) is 5.92 Å². The number of piperidine rings is 1. The highest BCUT2D eigenvalue weighted by Gasteiger charge is 2.32. The van der Waals surface area contributed by atoms with Gasteiger partial charge in [-0.25, -0.2) is 4.98 Å². The molecule has 1 aromatic heterocycles. The molecule has 1 aromatic carbocycles. The van der Waals surface area contributed by atoms with Crippen molar-refractivity contribution in [3.8, 4) is 5.75 Å². The third-order valence-electron chi connectivity index (χ3n) is 4.64. The Labute approximate surface area is 139 Å². The Morgan fingerprint density at radius 3 is 2.78 bits per heavy atom. The number of nitrogens with zero attached hydrogens (tertiary/aromatic N) is 2. The first-order valence-corrected chi connectivity index (χ1v) is 9.04. The Morgan fingerprint density at radius 1 is 1.30 bits per heavy atom. The number of carbonyl (C=O) groups is 1. The summed E-state index contributed by atoms with van der Waals surface area (Å²) in [7, 11) is 1.68. The third kappa shape index (κ3) is 3.13. The molecule has 2 aliphatic rings. The van der Waals surface area contributed by atoms with Crippen molar-refractivity contribution in [2.24, 2.45) is 5.92 Å². The van der Waals surface area contributed by atoms with Crippen LogP contribution in [0.2, 0.25) is 0 Å². The van der Waals surface area contributed by atoms with Crippen LogP contribution in [0.25, 0.3) is 10.2 Å². The zero-order valence-electron chi connectivity index (χ0n) is 13.2. The maximum absolute atomic E-state index is 11.9. The number of fused-ring (bicyclic) bond motifs is 1. The van der Waals surface area contributed by atoms with Crippen LogP contribution in [0.15, 0.2) is 18.2 Å². The van der Waals surface area contributed by atoms with Crippen molar-refractivity contribution in [3.05, 3.63) is 18.2 Å². The summed E-state index contributed by atoms with van der Waals surface area (Å²) in [5, 5.41) is 4.26. The Bertz CT molecular complexity index is 718. The molecule has 122 valence electrons. The molecule has 1 aliphatic heterocycles. The molecule has 2 heterocycles. The number of hydrogen-bond donors (Lipinski definition) is 1. The average Bonchev–Trinajstić information content (AvgIpc) is 3.34. The Morgan fingerprint density at radius 2 is 2.09 bits per heavy atom. The van der Waals surface area contributed by atoms with Gasteiger partial charge in [0.25, 0.3) is 0 Å². The van der Waals surface area contributed by atoms with Crippen LogP contribution in [0.4, 0.5) is 5.13 Å². The molecule has 4 rings (SSSR count). The van der Waals surface area contributed by atoms with Gasteiger partial charge in [0.05, 0.1) is 17.3 Å². The molecule has 1 saturated carbocycles. The largest absolute Gasteiger partial charge is 0.497 e. The first-order valence-electron chi connectivity index (χ1n) is 8.23. The molecule has 2 fully saturated rings. The number of amides is 1. The summed E-state index contributed by atoms with van der Waals surface area (Å²) in [5.74, 6) is 1.43. The van der Waals surface area contributed by atoms with Crippen LogP contribution in [0.5, 0.6) is 5.75 Å². The molecule has 0 spiro atoms. The normalized spacial score (nSPS) is 19.1. The standard InChI is InChI=1S/C17H21N3O2S/c1-22-13-4-5-14-15(10-13)23-17(19-14)20-8-6-12(7-9-20)18-16(21)11-2-3-11/h4-5,10-12H,2-3,6-9H2,1H3,(H,18,21). The van der Waals surface area contributed by atoms with Gasteiger partial charge in [0.1, 0.15) is 5.75 Å². The van der Waals surface area contributed by atoms with Gasteiger partial charge in [-0.2, -0.15) is 0 Å². The van der Waals surface area contributed by atoms with Crippen molar-refractivity contribution in [3.63, 3.8) is 0 Å². The molecule has 0 atom stereocenters. The summed E-state index contributed by atoms with van der Waals surface area (Å²) >= 11 is 1.71. The van der Waals surface area contributed by atoms with E-state index in [2.05, 4.69) is 10.2 Å². The van der Waals surface area contributed by atoms with Gasteiger partial charge in [0, 0.05) is 25.0 Å². The Kier molecular flexibility index (Phi) is 3.85. The number of thiazole rings is 1. The Hall–Kier alpha value is -1.82. The topological polar surface area (TPSA) is 54.5 Å². The lowest BCUT2D eigenvalue weighted by atomic mass is 10.1. The minimum absolute atomic E-state index is 0.260. The van der Waals surface area contributed by atoms with Crippen molar-refractivity contribution < 1.29 is 9.53 Å². The number of anilines is 1. The highest BCUT2D eigenvalue weighted by molar-refractivity contribution is 7.22. The first-order chi connectivity index (χ1) is 11.2. The van der Waals surface area contributed by atoms with Gasteiger partial charge < -0.3 is 15.0 Å². The zero-order chi connectivity index (χ0) is 15.8. The van der Waals surface area contributed by atoms with Crippen molar-refractivity contribution in [1.82, 2.24) is 10.3 Å². The molecule has 5 nitrogen and oxygen atoms in total. The molecular weight excluding hydrogens is 310 g/mol. The fourth-order valence-corrected chi connectivity index (χ4v) is 4.08. The van der Waals surface area contributed by atoms with E-state index in [9.17, 15) is 4.79 Å². The van der Waals surface area contributed by atoms with Crippen LogP contribution in [-0.2, 0) is 4.79 Å². The third-order valence-corrected chi connectivity index (χ3v) is 5.72. The summed E-state index contributed by atoms with van der Waals surface area (Å²) in [5.41, 5.74) is 1.02. The van der Waals surface area contributed by atoms with E-state index >= 15 is 0 Å². The molecule has 0 radical (unpaired) electrons. The number of nitrogens with one attached hydrogen (secondary N) is 1. The molecule has 6 heteroatoms. The second-order valence-corrected chi connectivity index (χ2v) is 7.38. The average molecular weight is 331 g/mol. The summed E-state index contributed by atoms with van der Waals surface area (Å²) in [6, 6.07) is 6.33. The molecular formula is C17H21N3O2S. The van der Waals surface area contributed by atoms with E-state index in [1.165, 1.54) is 0 Å². The second kappa shape index (κ2) is 6.00. The lowest BCUT2D eigenvalue weighted by Gasteiger charge is -2.32. The van der Waals surface area contributed by atoms with Crippen LogP contribution >= 0.6 is 11.3 Å². The van der Waals surface area contributed by atoms with E-state index in [0.29, 0.717) is 12.0 Å². The molecule has 1 amide bonds. The SMILES string of the molecule is COc1ccc2nc(N3CCC(NC(=O)C4CC4)CC3)sc2c1. The van der Waals surface area contributed by atoms with Gasteiger partial charge in [-0.3, -0.25) is 4.79 Å². The van der Waals surface area contributed by atoms with Crippen molar-refractivity contribution >= 4 is 32.6 Å². The van der Waals surface area contributed by atoms with Crippen molar-refractivity contribution in [2.75, 3.05) is 25.1 Å². The predicted molar refractivity (Wildman–Crippen MR) is 92.3 cm³/mol. The molecule has 2 aromatic rings. The number of rotatable bonds is 4. The zero-order valence-corrected chi connectivity index (χ0v) is 14.1. The summed E-state index contributed by atoms with van der Waals surface area (Å²) in [6.45, 7) is 1.90. The van der Waals surface area contributed by atoms with Crippen LogP contribution in [0.3, 0.4) is 0 Å². The first kappa shape index (κ1) is 14.8. The van der Waals surface area contributed by atoms with Gasteiger partial charge in [-0.15, -0.1) is 0 Å². The number of benzene rings is 1. The van der Waals surface area contributed by atoms with E-state index in [1.807, 2.05) is 18.2 Å². The van der Waals surface area contributed by atoms with Crippen molar-refractivity contribution in [2.45, 2.75) is 31.7 Å². The highest BCUT2D eigenvalue weighted by Crippen LogP contribution is 2.33. The molecule has 1 N–H and O–H groups in total. The van der Waals surface area contributed by atoms with Gasteiger partial charge >= 0.3 is 0 Å². The maximum atomic E-state index is 11.9. The van der Waals surface area contributed by atoms with E-state index in [4.69, 9.17) is 9.72 Å². The van der Waals surface area contributed by atoms with Gasteiger partial charge in [-0.05, 0) is 43.9 Å². The quantitative estimate of drug-likeness (QED) is 0.936. The molecule has 0 bridgehead atoms. The van der Waals surface area contributed by atoms with E-state index in [-0.39, 0.29) is 5.91 Å². The van der Waals surface area contributed by atoms with Gasteiger partial charge in [0.2, 0.25) is 5.91 Å². The van der Waals surface area contributed by atoms with Crippen LogP contribution in [-0.4, -0.2) is 37.1 Å². The van der Waals surface area contributed by atoms with Gasteiger partial charge in [-0.1, -0.05) is 11.3 Å². The van der Waals surface area contributed by atoms with E-state index < -0.39 is 0 Å². The summed E-state index contributed by atoms with van der Waals surface area (Å²) in [4.78, 5) is 18.9. The highest BCUT2D eigenvalue weighted by atomic mass is 32.1. The number of methoxy groups -OCH3 is 1. The summed E-state index contributed by atoms with van der Waals surface area (Å²) in [6.07, 6.45) is 4.13. The smallest absolute Gasteiger partial charge is 0.223 e. The van der Waals surface area contributed by atoms with E-state index in [1.54, 1.807) is 18.4 Å². The molecule has 23 heavy (non-hydrogen) atoms.